The van der Waals surface area contributed by atoms with Gasteiger partial charge >= 0.3 is 0 Å². The SMILES string of the molecule is Cc1cc(N)nc(C)c1CNC(=O)c1cc2n(c1)Cc1ccc(Oc3ccccc3)cc1NC2=O. The number of nitrogens with zero attached hydrogens (tertiary/aromatic N) is 2. The van der Waals surface area contributed by atoms with Crippen LogP contribution in [0.3, 0.4) is 0 Å². The first-order chi connectivity index (χ1) is 16.9. The first kappa shape index (κ1) is 22.2. The van der Waals surface area contributed by atoms with Crippen molar-refractivity contribution in [3.05, 3.63) is 101 Å². The van der Waals surface area contributed by atoms with Gasteiger partial charge in [0, 0.05) is 36.7 Å². The lowest BCUT2D eigenvalue weighted by atomic mass is 10.1. The number of rotatable bonds is 5. The van der Waals surface area contributed by atoms with Gasteiger partial charge in [0.1, 0.15) is 23.0 Å². The molecule has 0 radical (unpaired) electrons. The summed E-state index contributed by atoms with van der Waals surface area (Å²) < 4.78 is 7.68. The zero-order valence-electron chi connectivity index (χ0n) is 19.5. The van der Waals surface area contributed by atoms with Crippen LogP contribution in [0.5, 0.6) is 11.5 Å². The first-order valence-electron chi connectivity index (χ1n) is 11.3. The lowest BCUT2D eigenvalue weighted by Crippen LogP contribution is -2.23. The Bertz CT molecular complexity index is 1420. The normalized spacial score (nSPS) is 12.2. The van der Waals surface area contributed by atoms with Crippen LogP contribution in [0.4, 0.5) is 11.5 Å². The Morgan fingerprint density at radius 2 is 1.91 bits per heavy atom. The molecule has 4 N–H and O–H groups in total. The monoisotopic (exact) mass is 467 g/mol. The van der Waals surface area contributed by atoms with Crippen molar-refractivity contribution >= 4 is 23.3 Å². The van der Waals surface area contributed by atoms with Crippen LogP contribution in [-0.2, 0) is 13.1 Å². The minimum absolute atomic E-state index is 0.263. The molecule has 0 saturated heterocycles. The molecule has 176 valence electrons. The average Bonchev–Trinajstić information content (AvgIpc) is 3.19. The fraction of sp³-hybridized carbons (Fsp3) is 0.148. The summed E-state index contributed by atoms with van der Waals surface area (Å²) in [5, 5.41) is 5.87. The number of fused-ring (bicyclic) bond motifs is 2. The van der Waals surface area contributed by atoms with Crippen molar-refractivity contribution in [1.29, 1.82) is 0 Å². The van der Waals surface area contributed by atoms with Gasteiger partial charge in [-0.25, -0.2) is 4.98 Å². The molecular formula is C27H25N5O3. The summed E-state index contributed by atoms with van der Waals surface area (Å²) >= 11 is 0. The minimum atomic E-state index is -0.283. The standard InChI is InChI=1S/C27H25N5O3/c1-16-10-25(28)30-17(2)22(16)13-29-26(33)19-11-24-27(34)31-23-12-21(35-20-6-4-3-5-7-20)9-8-18(23)14-32(24)15-19/h3-12,15H,13-14H2,1-2H3,(H2,28,30)(H,29,33)(H,31,34). The number of aryl methyl sites for hydroxylation is 2. The molecule has 5 rings (SSSR count). The lowest BCUT2D eigenvalue weighted by Gasteiger charge is -2.11. The van der Waals surface area contributed by atoms with Gasteiger partial charge in [-0.3, -0.25) is 9.59 Å². The number of hydrogen-bond acceptors (Lipinski definition) is 5. The Labute approximate surface area is 202 Å². The number of pyridine rings is 1. The molecule has 0 spiro atoms. The minimum Gasteiger partial charge on any atom is -0.457 e. The van der Waals surface area contributed by atoms with Gasteiger partial charge in [0.15, 0.2) is 0 Å². The summed E-state index contributed by atoms with van der Waals surface area (Å²) in [5.74, 6) is 1.25. The molecule has 8 nitrogen and oxygen atoms in total. The number of nitrogens with two attached hydrogens (primary N) is 1. The van der Waals surface area contributed by atoms with Gasteiger partial charge in [0.25, 0.3) is 11.8 Å². The van der Waals surface area contributed by atoms with Crippen LogP contribution >= 0.6 is 0 Å². The Morgan fingerprint density at radius 3 is 2.69 bits per heavy atom. The maximum atomic E-state index is 12.9. The average molecular weight is 468 g/mol. The van der Waals surface area contributed by atoms with Gasteiger partial charge in [0.2, 0.25) is 0 Å². The maximum absolute atomic E-state index is 12.9. The number of nitrogens with one attached hydrogen (secondary N) is 2. The topological polar surface area (TPSA) is 111 Å². The summed E-state index contributed by atoms with van der Waals surface area (Å²) in [6.45, 7) is 4.57. The number of benzene rings is 2. The van der Waals surface area contributed by atoms with E-state index in [4.69, 9.17) is 10.5 Å². The third kappa shape index (κ3) is 4.59. The van der Waals surface area contributed by atoms with Crippen LogP contribution in [0, 0.1) is 13.8 Å². The van der Waals surface area contributed by atoms with Crippen molar-refractivity contribution in [2.24, 2.45) is 0 Å². The second-order valence-corrected chi connectivity index (χ2v) is 8.54. The highest BCUT2D eigenvalue weighted by atomic mass is 16.5. The zero-order chi connectivity index (χ0) is 24.5. The molecule has 1 aliphatic heterocycles. The van der Waals surface area contributed by atoms with Crippen molar-refractivity contribution in [1.82, 2.24) is 14.9 Å². The van der Waals surface area contributed by atoms with Gasteiger partial charge < -0.3 is 25.7 Å². The van der Waals surface area contributed by atoms with E-state index in [1.807, 2.05) is 62.4 Å². The Morgan fingerprint density at radius 1 is 1.11 bits per heavy atom. The van der Waals surface area contributed by atoms with Gasteiger partial charge in [-0.1, -0.05) is 24.3 Å². The highest BCUT2D eigenvalue weighted by Gasteiger charge is 2.23. The number of hydrogen-bond donors (Lipinski definition) is 3. The third-order valence-electron chi connectivity index (χ3n) is 6.04. The number of anilines is 2. The van der Waals surface area contributed by atoms with E-state index < -0.39 is 0 Å². The molecule has 0 fully saturated rings. The number of aromatic nitrogens is 2. The van der Waals surface area contributed by atoms with Crippen LogP contribution in [-0.4, -0.2) is 21.4 Å². The van der Waals surface area contributed by atoms with Crippen molar-refractivity contribution in [2.75, 3.05) is 11.1 Å². The first-order valence-corrected chi connectivity index (χ1v) is 11.3. The molecule has 0 saturated carbocycles. The molecule has 0 unspecified atom stereocenters. The van der Waals surface area contributed by atoms with Gasteiger partial charge in [-0.2, -0.15) is 0 Å². The van der Waals surface area contributed by atoms with Gasteiger partial charge in [-0.05, 0) is 60.9 Å². The molecule has 2 aromatic carbocycles. The molecule has 3 heterocycles. The van der Waals surface area contributed by atoms with E-state index in [1.165, 1.54) is 0 Å². The van der Waals surface area contributed by atoms with E-state index in [-0.39, 0.29) is 11.8 Å². The number of carbonyl (C=O) groups excluding carboxylic acids is 2. The summed E-state index contributed by atoms with van der Waals surface area (Å²) in [4.78, 5) is 30.1. The highest BCUT2D eigenvalue weighted by molar-refractivity contribution is 6.06. The molecule has 1 aliphatic rings. The quantitative estimate of drug-likeness (QED) is 0.402. The smallest absolute Gasteiger partial charge is 0.272 e. The lowest BCUT2D eigenvalue weighted by molar-refractivity contribution is 0.0950. The molecule has 8 heteroatoms. The molecule has 4 aromatic rings. The van der Waals surface area contributed by atoms with Crippen molar-refractivity contribution < 1.29 is 14.3 Å². The molecule has 2 amide bonds. The van der Waals surface area contributed by atoms with E-state index in [2.05, 4.69) is 15.6 Å². The second kappa shape index (κ2) is 8.98. The molecule has 35 heavy (non-hydrogen) atoms. The number of carbonyl (C=O) groups is 2. The second-order valence-electron chi connectivity index (χ2n) is 8.54. The number of ether oxygens (including phenoxy) is 1. The van der Waals surface area contributed by atoms with E-state index in [9.17, 15) is 9.59 Å². The van der Waals surface area contributed by atoms with Gasteiger partial charge in [-0.15, -0.1) is 0 Å². The maximum Gasteiger partial charge on any atom is 0.272 e. The van der Waals surface area contributed by atoms with E-state index in [0.29, 0.717) is 41.6 Å². The van der Waals surface area contributed by atoms with Crippen molar-refractivity contribution in [2.45, 2.75) is 26.9 Å². The summed E-state index contributed by atoms with van der Waals surface area (Å²) in [6.07, 6.45) is 1.70. The van der Waals surface area contributed by atoms with E-state index in [1.54, 1.807) is 22.9 Å². The number of amides is 2. The predicted octanol–water partition coefficient (Wildman–Crippen LogP) is 4.42. The third-order valence-corrected chi connectivity index (χ3v) is 6.04. The van der Waals surface area contributed by atoms with Crippen LogP contribution in [0.15, 0.2) is 66.9 Å². The molecule has 2 aromatic heterocycles. The van der Waals surface area contributed by atoms with Crippen LogP contribution in [0.2, 0.25) is 0 Å². The molecule has 0 aliphatic carbocycles. The fourth-order valence-corrected chi connectivity index (χ4v) is 4.25. The van der Waals surface area contributed by atoms with Crippen molar-refractivity contribution in [3.63, 3.8) is 0 Å². The summed E-state index contributed by atoms with van der Waals surface area (Å²) in [7, 11) is 0. The van der Waals surface area contributed by atoms with Crippen LogP contribution in [0.25, 0.3) is 0 Å². The number of para-hydroxylation sites is 1. The zero-order valence-corrected chi connectivity index (χ0v) is 19.5. The highest BCUT2D eigenvalue weighted by Crippen LogP contribution is 2.30. The van der Waals surface area contributed by atoms with E-state index in [0.717, 1.165) is 28.1 Å². The molecule has 0 bridgehead atoms. The Hall–Kier alpha value is -4.59. The van der Waals surface area contributed by atoms with Crippen LogP contribution in [0.1, 0.15) is 43.2 Å². The predicted molar refractivity (Wildman–Crippen MR) is 134 cm³/mol. The van der Waals surface area contributed by atoms with E-state index >= 15 is 0 Å². The Kier molecular flexibility index (Phi) is 5.70. The van der Waals surface area contributed by atoms with Crippen molar-refractivity contribution in [3.8, 4) is 11.5 Å². The summed E-state index contributed by atoms with van der Waals surface area (Å²) in [5.41, 5.74) is 10.9. The number of nitrogen functional groups attached to an aromatic ring is 1. The fourth-order valence-electron chi connectivity index (χ4n) is 4.25. The summed E-state index contributed by atoms with van der Waals surface area (Å²) in [6, 6.07) is 18.5. The largest absolute Gasteiger partial charge is 0.457 e. The Balaban J connectivity index is 1.33. The molecule has 0 atom stereocenters. The van der Waals surface area contributed by atoms with Crippen LogP contribution < -0.4 is 21.1 Å². The molecular weight excluding hydrogens is 442 g/mol. The van der Waals surface area contributed by atoms with Gasteiger partial charge in [0.05, 0.1) is 5.56 Å².